The molecule has 2 amide bonds. The number of benzene rings is 1. The van der Waals surface area contributed by atoms with Crippen molar-refractivity contribution >= 4 is 11.8 Å². The van der Waals surface area contributed by atoms with Gasteiger partial charge in [-0.25, -0.2) is 0 Å². The van der Waals surface area contributed by atoms with Crippen LogP contribution in [0.5, 0.6) is 0 Å². The van der Waals surface area contributed by atoms with E-state index in [1.165, 1.54) is 6.42 Å². The number of carbonyl (C=O) groups is 2. The van der Waals surface area contributed by atoms with Crippen LogP contribution in [0.3, 0.4) is 0 Å². The van der Waals surface area contributed by atoms with Gasteiger partial charge in [-0.15, -0.1) is 0 Å². The van der Waals surface area contributed by atoms with Gasteiger partial charge in [0.1, 0.15) is 0 Å². The molecule has 1 aliphatic carbocycles. The SMILES string of the molecule is Cc1noc(CCNC(=O)CC2(CN3Cc4ccccc4C3=O)CCCCC2)n1. The Kier molecular flexibility index (Phi) is 5.65. The Morgan fingerprint density at radius 3 is 2.76 bits per heavy atom. The topological polar surface area (TPSA) is 88.3 Å². The van der Waals surface area contributed by atoms with Gasteiger partial charge in [-0.2, -0.15) is 4.98 Å². The fourth-order valence-corrected chi connectivity index (χ4v) is 4.69. The highest BCUT2D eigenvalue weighted by Crippen LogP contribution is 2.41. The van der Waals surface area contributed by atoms with Gasteiger partial charge >= 0.3 is 0 Å². The van der Waals surface area contributed by atoms with Crippen LogP contribution in [0, 0.1) is 12.3 Å². The minimum Gasteiger partial charge on any atom is -0.356 e. The van der Waals surface area contributed by atoms with E-state index in [0.29, 0.717) is 44.2 Å². The number of aryl methyl sites for hydroxylation is 1. The van der Waals surface area contributed by atoms with E-state index in [4.69, 9.17) is 4.52 Å². The third kappa shape index (κ3) is 4.49. The van der Waals surface area contributed by atoms with Crippen LogP contribution in [0.4, 0.5) is 0 Å². The lowest BCUT2D eigenvalue weighted by Crippen LogP contribution is -2.43. The highest BCUT2D eigenvalue weighted by Gasteiger charge is 2.39. The first-order chi connectivity index (χ1) is 14.0. The zero-order chi connectivity index (χ0) is 20.3. The quantitative estimate of drug-likeness (QED) is 0.777. The van der Waals surface area contributed by atoms with Crippen molar-refractivity contribution in [3.05, 3.63) is 47.1 Å². The summed E-state index contributed by atoms with van der Waals surface area (Å²) in [7, 11) is 0. The van der Waals surface area contributed by atoms with E-state index in [1.807, 2.05) is 29.2 Å². The number of hydrogen-bond acceptors (Lipinski definition) is 5. The monoisotopic (exact) mass is 396 g/mol. The molecule has 4 rings (SSSR count). The van der Waals surface area contributed by atoms with E-state index in [-0.39, 0.29) is 17.2 Å². The van der Waals surface area contributed by atoms with Crippen LogP contribution in [0.1, 0.15) is 66.2 Å². The lowest BCUT2D eigenvalue weighted by molar-refractivity contribution is -0.124. The van der Waals surface area contributed by atoms with Crippen LogP contribution in [-0.2, 0) is 17.8 Å². The van der Waals surface area contributed by atoms with Gasteiger partial charge in [-0.05, 0) is 36.8 Å². The van der Waals surface area contributed by atoms with Crippen molar-refractivity contribution in [1.82, 2.24) is 20.4 Å². The molecule has 2 aromatic rings. The van der Waals surface area contributed by atoms with E-state index in [9.17, 15) is 9.59 Å². The summed E-state index contributed by atoms with van der Waals surface area (Å²) in [4.78, 5) is 31.6. The maximum atomic E-state index is 12.8. The van der Waals surface area contributed by atoms with Gasteiger partial charge in [0.05, 0.1) is 0 Å². The number of aromatic nitrogens is 2. The summed E-state index contributed by atoms with van der Waals surface area (Å²) in [6.07, 6.45) is 6.39. The van der Waals surface area contributed by atoms with Crippen LogP contribution >= 0.6 is 0 Å². The Balaban J connectivity index is 1.36. The summed E-state index contributed by atoms with van der Waals surface area (Å²) >= 11 is 0. The lowest BCUT2D eigenvalue weighted by atomic mass is 9.71. The van der Waals surface area contributed by atoms with Gasteiger partial charge < -0.3 is 14.7 Å². The number of nitrogens with one attached hydrogen (secondary N) is 1. The van der Waals surface area contributed by atoms with Crippen molar-refractivity contribution in [2.75, 3.05) is 13.1 Å². The van der Waals surface area contributed by atoms with Crippen molar-refractivity contribution < 1.29 is 14.1 Å². The van der Waals surface area contributed by atoms with Crippen molar-refractivity contribution in [3.8, 4) is 0 Å². The fraction of sp³-hybridized carbons (Fsp3) is 0.545. The van der Waals surface area contributed by atoms with Gasteiger partial charge in [-0.1, -0.05) is 42.6 Å². The van der Waals surface area contributed by atoms with Gasteiger partial charge in [0, 0.05) is 38.0 Å². The largest absolute Gasteiger partial charge is 0.356 e. The molecule has 0 bridgehead atoms. The van der Waals surface area contributed by atoms with Crippen LogP contribution in [-0.4, -0.2) is 39.9 Å². The van der Waals surface area contributed by atoms with E-state index in [2.05, 4.69) is 15.5 Å². The third-order valence-corrected chi connectivity index (χ3v) is 6.10. The highest BCUT2D eigenvalue weighted by molar-refractivity contribution is 5.98. The maximum Gasteiger partial charge on any atom is 0.254 e. The number of amides is 2. The van der Waals surface area contributed by atoms with Gasteiger partial charge in [0.2, 0.25) is 11.8 Å². The maximum absolute atomic E-state index is 12.8. The normalized spacial score (nSPS) is 18.0. The zero-order valence-corrected chi connectivity index (χ0v) is 16.9. The molecule has 0 atom stereocenters. The molecule has 29 heavy (non-hydrogen) atoms. The molecule has 2 aliphatic rings. The second kappa shape index (κ2) is 8.35. The molecular formula is C22H28N4O3. The summed E-state index contributed by atoms with van der Waals surface area (Å²) in [5.74, 6) is 1.27. The molecule has 7 heteroatoms. The Hall–Kier alpha value is -2.70. The van der Waals surface area contributed by atoms with Crippen molar-refractivity contribution in [1.29, 1.82) is 0 Å². The number of carbonyl (C=O) groups excluding carboxylic acids is 2. The van der Waals surface area contributed by atoms with Crippen molar-refractivity contribution in [2.24, 2.45) is 5.41 Å². The molecule has 1 saturated carbocycles. The third-order valence-electron chi connectivity index (χ3n) is 6.10. The molecule has 0 radical (unpaired) electrons. The van der Waals surface area contributed by atoms with Gasteiger partial charge in [-0.3, -0.25) is 9.59 Å². The number of hydrogen-bond donors (Lipinski definition) is 1. The molecule has 1 aliphatic heterocycles. The predicted octanol–water partition coefficient (Wildman–Crippen LogP) is 3.03. The fourth-order valence-electron chi connectivity index (χ4n) is 4.69. The molecular weight excluding hydrogens is 368 g/mol. The summed E-state index contributed by atoms with van der Waals surface area (Å²) in [5, 5.41) is 6.76. The molecule has 7 nitrogen and oxygen atoms in total. The zero-order valence-electron chi connectivity index (χ0n) is 16.9. The minimum absolute atomic E-state index is 0.0345. The first kappa shape index (κ1) is 19.6. The van der Waals surface area contributed by atoms with Crippen LogP contribution < -0.4 is 5.32 Å². The summed E-state index contributed by atoms with van der Waals surface area (Å²) in [6.45, 7) is 3.55. The molecule has 0 unspecified atom stereocenters. The molecule has 1 N–H and O–H groups in total. The lowest BCUT2D eigenvalue weighted by Gasteiger charge is -2.39. The van der Waals surface area contributed by atoms with Crippen molar-refractivity contribution in [2.45, 2.75) is 58.4 Å². The summed E-state index contributed by atoms with van der Waals surface area (Å²) in [6, 6.07) is 7.81. The van der Waals surface area contributed by atoms with E-state index < -0.39 is 0 Å². The predicted molar refractivity (Wildman–Crippen MR) is 107 cm³/mol. The average Bonchev–Trinajstić information content (AvgIpc) is 3.26. The second-order valence-electron chi connectivity index (χ2n) is 8.39. The molecule has 2 heterocycles. The Labute approximate surface area is 170 Å². The van der Waals surface area contributed by atoms with Gasteiger partial charge in [0.25, 0.3) is 5.91 Å². The van der Waals surface area contributed by atoms with Crippen LogP contribution in [0.25, 0.3) is 0 Å². The second-order valence-corrected chi connectivity index (χ2v) is 8.39. The van der Waals surface area contributed by atoms with E-state index in [0.717, 1.165) is 36.8 Å². The average molecular weight is 396 g/mol. The van der Waals surface area contributed by atoms with Crippen LogP contribution in [0.2, 0.25) is 0 Å². The summed E-state index contributed by atoms with van der Waals surface area (Å²) < 4.78 is 5.09. The van der Waals surface area contributed by atoms with E-state index in [1.54, 1.807) is 6.92 Å². The standard InChI is InChI=1S/C22H28N4O3/c1-16-24-20(29-25-16)9-12-23-19(27)13-22(10-5-2-6-11-22)15-26-14-17-7-3-4-8-18(17)21(26)28/h3-4,7-8H,2,5-6,9-15H2,1H3,(H,23,27). The number of nitrogens with zero attached hydrogens (tertiary/aromatic N) is 3. The first-order valence-electron chi connectivity index (χ1n) is 10.5. The molecule has 0 spiro atoms. The smallest absolute Gasteiger partial charge is 0.254 e. The van der Waals surface area contributed by atoms with Crippen LogP contribution in [0.15, 0.2) is 28.8 Å². The Bertz CT molecular complexity index is 886. The summed E-state index contributed by atoms with van der Waals surface area (Å²) in [5.41, 5.74) is 1.75. The number of rotatable bonds is 7. The molecule has 0 saturated heterocycles. The number of fused-ring (bicyclic) bond motifs is 1. The molecule has 154 valence electrons. The first-order valence-corrected chi connectivity index (χ1v) is 10.5. The minimum atomic E-state index is -0.138. The Morgan fingerprint density at radius 2 is 2.03 bits per heavy atom. The molecule has 1 fully saturated rings. The van der Waals surface area contributed by atoms with E-state index >= 15 is 0 Å². The molecule has 1 aromatic carbocycles. The molecule has 1 aromatic heterocycles. The highest BCUT2D eigenvalue weighted by atomic mass is 16.5. The Morgan fingerprint density at radius 1 is 1.24 bits per heavy atom. The van der Waals surface area contributed by atoms with Crippen molar-refractivity contribution in [3.63, 3.8) is 0 Å². The van der Waals surface area contributed by atoms with Gasteiger partial charge in [0.15, 0.2) is 5.82 Å².